The van der Waals surface area contributed by atoms with E-state index >= 15 is 0 Å². The van der Waals surface area contributed by atoms with E-state index in [0.717, 1.165) is 23.5 Å². The minimum Gasteiger partial charge on any atom is -0.387 e. The summed E-state index contributed by atoms with van der Waals surface area (Å²) in [6, 6.07) is 3.65. The van der Waals surface area contributed by atoms with Crippen molar-refractivity contribution in [3.63, 3.8) is 0 Å². The first-order valence-corrected chi connectivity index (χ1v) is 4.98. The van der Waals surface area contributed by atoms with Crippen LogP contribution in [0.2, 0.25) is 0 Å². The number of aryl methyl sites for hydroxylation is 1. The third-order valence-corrected chi connectivity index (χ3v) is 2.42. The van der Waals surface area contributed by atoms with Gasteiger partial charge in [-0.25, -0.2) is 0 Å². The van der Waals surface area contributed by atoms with Gasteiger partial charge >= 0.3 is 0 Å². The number of rotatable bonds is 3. The van der Waals surface area contributed by atoms with Crippen molar-refractivity contribution in [1.29, 1.82) is 0 Å². The maximum atomic E-state index is 9.61. The molecule has 2 aromatic rings. The number of hydrogen-bond acceptors (Lipinski definition) is 4. The lowest BCUT2D eigenvalue weighted by Gasteiger charge is -2.08. The van der Waals surface area contributed by atoms with Gasteiger partial charge in [-0.15, -0.1) is 10.2 Å². The molecule has 3 N–H and O–H groups in total. The van der Waals surface area contributed by atoms with Crippen molar-refractivity contribution in [2.24, 2.45) is 5.73 Å². The lowest BCUT2D eigenvalue weighted by molar-refractivity contribution is 0.186. The predicted octanol–water partition coefficient (Wildman–Crippen LogP) is 0.284. The molecule has 1 unspecified atom stereocenters. The fourth-order valence-corrected chi connectivity index (χ4v) is 1.53. The third-order valence-electron chi connectivity index (χ3n) is 2.42. The van der Waals surface area contributed by atoms with Crippen LogP contribution >= 0.6 is 0 Å². The number of aromatic nitrogens is 3. The van der Waals surface area contributed by atoms with E-state index in [1.165, 1.54) is 0 Å². The SMILES string of the molecule is CCc1nnc2ccc(C(O)CN)cn12. The molecule has 0 aliphatic carbocycles. The fourth-order valence-electron chi connectivity index (χ4n) is 1.53. The van der Waals surface area contributed by atoms with Crippen LogP contribution in [0.3, 0.4) is 0 Å². The molecule has 0 aromatic carbocycles. The van der Waals surface area contributed by atoms with Crippen LogP contribution in [0.25, 0.3) is 5.65 Å². The topological polar surface area (TPSA) is 76.4 Å². The zero-order valence-corrected chi connectivity index (χ0v) is 8.59. The Morgan fingerprint density at radius 1 is 1.47 bits per heavy atom. The Hall–Kier alpha value is -1.46. The van der Waals surface area contributed by atoms with Gasteiger partial charge in [0, 0.05) is 19.2 Å². The zero-order valence-electron chi connectivity index (χ0n) is 8.59. The Morgan fingerprint density at radius 3 is 2.93 bits per heavy atom. The van der Waals surface area contributed by atoms with E-state index in [4.69, 9.17) is 5.73 Å². The summed E-state index contributed by atoms with van der Waals surface area (Å²) in [6.07, 6.45) is 2.02. The smallest absolute Gasteiger partial charge is 0.160 e. The monoisotopic (exact) mass is 206 g/mol. The van der Waals surface area contributed by atoms with Crippen molar-refractivity contribution in [2.75, 3.05) is 6.54 Å². The number of aliphatic hydroxyl groups excluding tert-OH is 1. The summed E-state index contributed by atoms with van der Waals surface area (Å²) in [5.74, 6) is 0.885. The first kappa shape index (κ1) is 10.1. The summed E-state index contributed by atoms with van der Waals surface area (Å²) >= 11 is 0. The van der Waals surface area contributed by atoms with Crippen molar-refractivity contribution in [1.82, 2.24) is 14.6 Å². The molecule has 15 heavy (non-hydrogen) atoms. The van der Waals surface area contributed by atoms with Gasteiger partial charge in [0.15, 0.2) is 5.65 Å². The molecule has 2 rings (SSSR count). The van der Waals surface area contributed by atoms with Crippen LogP contribution in [-0.4, -0.2) is 26.2 Å². The lowest BCUT2D eigenvalue weighted by atomic mass is 10.1. The summed E-state index contributed by atoms with van der Waals surface area (Å²) in [4.78, 5) is 0. The van der Waals surface area contributed by atoms with E-state index in [9.17, 15) is 5.11 Å². The molecule has 0 amide bonds. The molecule has 0 aliphatic heterocycles. The molecule has 0 saturated heterocycles. The molecule has 0 fully saturated rings. The maximum Gasteiger partial charge on any atom is 0.160 e. The van der Waals surface area contributed by atoms with Gasteiger partial charge in [-0.2, -0.15) is 0 Å². The molecule has 2 aromatic heterocycles. The zero-order chi connectivity index (χ0) is 10.8. The first-order chi connectivity index (χ1) is 7.26. The van der Waals surface area contributed by atoms with Crippen molar-refractivity contribution in [2.45, 2.75) is 19.4 Å². The van der Waals surface area contributed by atoms with E-state index in [1.54, 1.807) is 0 Å². The second kappa shape index (κ2) is 3.96. The number of nitrogens with two attached hydrogens (primary N) is 1. The molecule has 0 bridgehead atoms. The molecule has 1 atom stereocenters. The van der Waals surface area contributed by atoms with Gasteiger partial charge in [0.25, 0.3) is 0 Å². The molecule has 2 heterocycles. The van der Waals surface area contributed by atoms with Gasteiger partial charge in [0.05, 0.1) is 6.10 Å². The highest BCUT2D eigenvalue weighted by Crippen LogP contribution is 2.13. The van der Waals surface area contributed by atoms with Gasteiger partial charge < -0.3 is 10.8 Å². The Bertz CT molecular complexity index is 465. The van der Waals surface area contributed by atoms with Gasteiger partial charge in [0.1, 0.15) is 5.82 Å². The largest absolute Gasteiger partial charge is 0.387 e. The quantitative estimate of drug-likeness (QED) is 0.756. The van der Waals surface area contributed by atoms with Gasteiger partial charge in [-0.3, -0.25) is 4.40 Å². The van der Waals surface area contributed by atoms with Gasteiger partial charge in [-0.1, -0.05) is 13.0 Å². The molecule has 5 heteroatoms. The van der Waals surface area contributed by atoms with E-state index in [2.05, 4.69) is 10.2 Å². The predicted molar refractivity (Wildman–Crippen MR) is 56.4 cm³/mol. The van der Waals surface area contributed by atoms with Gasteiger partial charge in [0.2, 0.25) is 0 Å². The Morgan fingerprint density at radius 2 is 2.27 bits per heavy atom. The number of fused-ring (bicyclic) bond motifs is 1. The minimum atomic E-state index is -0.624. The number of pyridine rings is 1. The number of nitrogens with zero attached hydrogens (tertiary/aromatic N) is 3. The second-order valence-corrected chi connectivity index (χ2v) is 3.41. The van der Waals surface area contributed by atoms with E-state index in [0.29, 0.717) is 0 Å². The highest BCUT2D eigenvalue weighted by molar-refractivity contribution is 5.40. The van der Waals surface area contributed by atoms with Crippen LogP contribution in [0.1, 0.15) is 24.4 Å². The van der Waals surface area contributed by atoms with Crippen molar-refractivity contribution < 1.29 is 5.11 Å². The van der Waals surface area contributed by atoms with Gasteiger partial charge in [-0.05, 0) is 11.6 Å². The standard InChI is InChI=1S/C10H14N4O/c1-2-9-12-13-10-4-3-7(6-14(9)10)8(15)5-11/h3-4,6,8,15H,2,5,11H2,1H3. The van der Waals surface area contributed by atoms with Crippen LogP contribution in [0.4, 0.5) is 0 Å². The Kier molecular flexibility index (Phi) is 2.66. The molecule has 0 aliphatic rings. The summed E-state index contributed by atoms with van der Waals surface area (Å²) < 4.78 is 1.88. The molecular formula is C10H14N4O. The molecule has 80 valence electrons. The minimum absolute atomic E-state index is 0.217. The third kappa shape index (κ3) is 1.71. The van der Waals surface area contributed by atoms with Crippen LogP contribution < -0.4 is 5.73 Å². The summed E-state index contributed by atoms with van der Waals surface area (Å²) in [5.41, 5.74) is 6.99. The highest BCUT2D eigenvalue weighted by atomic mass is 16.3. The van der Waals surface area contributed by atoms with Crippen LogP contribution in [0, 0.1) is 0 Å². The maximum absolute atomic E-state index is 9.61. The van der Waals surface area contributed by atoms with E-state index in [-0.39, 0.29) is 6.54 Å². The molecule has 0 saturated carbocycles. The van der Waals surface area contributed by atoms with E-state index in [1.807, 2.05) is 29.7 Å². The van der Waals surface area contributed by atoms with Crippen molar-refractivity contribution >= 4 is 5.65 Å². The summed E-state index contributed by atoms with van der Waals surface area (Å²) in [7, 11) is 0. The number of hydrogen-bond donors (Lipinski definition) is 2. The van der Waals surface area contributed by atoms with Crippen molar-refractivity contribution in [3.8, 4) is 0 Å². The highest BCUT2D eigenvalue weighted by Gasteiger charge is 2.08. The first-order valence-electron chi connectivity index (χ1n) is 4.98. The average Bonchev–Trinajstić information content (AvgIpc) is 2.69. The molecule has 5 nitrogen and oxygen atoms in total. The second-order valence-electron chi connectivity index (χ2n) is 3.41. The summed E-state index contributed by atoms with van der Waals surface area (Å²) in [5, 5.41) is 17.7. The molecule has 0 radical (unpaired) electrons. The molecular weight excluding hydrogens is 192 g/mol. The van der Waals surface area contributed by atoms with Crippen LogP contribution in [0.15, 0.2) is 18.3 Å². The Labute approximate surface area is 87.6 Å². The number of aliphatic hydroxyl groups is 1. The normalized spacial score (nSPS) is 13.3. The fraction of sp³-hybridized carbons (Fsp3) is 0.400. The average molecular weight is 206 g/mol. The lowest BCUT2D eigenvalue weighted by Crippen LogP contribution is -2.12. The summed E-state index contributed by atoms with van der Waals surface area (Å²) in [6.45, 7) is 2.23. The Balaban J connectivity index is 2.52. The van der Waals surface area contributed by atoms with Crippen LogP contribution in [-0.2, 0) is 6.42 Å². The molecule has 0 spiro atoms. The van der Waals surface area contributed by atoms with Crippen LogP contribution in [0.5, 0.6) is 0 Å². The van der Waals surface area contributed by atoms with E-state index < -0.39 is 6.10 Å². The van der Waals surface area contributed by atoms with Crippen molar-refractivity contribution in [3.05, 3.63) is 29.7 Å².